The molecule has 2 aromatic rings. The molecule has 3 nitrogen and oxygen atoms in total. The fourth-order valence-electron chi connectivity index (χ4n) is 1.93. The van der Waals surface area contributed by atoms with Crippen LogP contribution in [0.2, 0.25) is 0 Å². The maximum Gasteiger partial charge on any atom is 0.258 e. The fourth-order valence-corrected chi connectivity index (χ4v) is 2.30. The Hall–Kier alpha value is -1.68. The SMILES string of the molecule is CCN(C(=O)c1ccnc(Br)c1)c1cccc(C)c1. The summed E-state index contributed by atoms with van der Waals surface area (Å²) in [6.45, 7) is 4.61. The Balaban J connectivity index is 2.34. The normalized spacial score (nSPS) is 10.3. The largest absolute Gasteiger partial charge is 0.309 e. The number of aromatic nitrogens is 1. The molecule has 0 bridgehead atoms. The molecule has 0 aliphatic heterocycles. The van der Waals surface area contributed by atoms with Gasteiger partial charge in [0.2, 0.25) is 0 Å². The van der Waals surface area contributed by atoms with Crippen molar-refractivity contribution < 1.29 is 4.79 Å². The Morgan fingerprint density at radius 3 is 2.74 bits per heavy atom. The molecule has 0 aliphatic carbocycles. The van der Waals surface area contributed by atoms with Crippen LogP contribution in [0.15, 0.2) is 47.2 Å². The van der Waals surface area contributed by atoms with Crippen molar-refractivity contribution in [3.63, 3.8) is 0 Å². The van der Waals surface area contributed by atoms with Crippen molar-refractivity contribution in [2.75, 3.05) is 11.4 Å². The molecule has 0 spiro atoms. The average molecular weight is 319 g/mol. The third kappa shape index (κ3) is 3.20. The van der Waals surface area contributed by atoms with Gasteiger partial charge in [-0.3, -0.25) is 4.79 Å². The zero-order valence-electron chi connectivity index (χ0n) is 10.9. The lowest BCUT2D eigenvalue weighted by Gasteiger charge is -2.21. The van der Waals surface area contributed by atoms with E-state index in [0.29, 0.717) is 16.7 Å². The van der Waals surface area contributed by atoms with Gasteiger partial charge in [-0.15, -0.1) is 0 Å². The van der Waals surface area contributed by atoms with Crippen molar-refractivity contribution in [3.8, 4) is 0 Å². The summed E-state index contributed by atoms with van der Waals surface area (Å²) in [4.78, 5) is 18.3. The molecule has 19 heavy (non-hydrogen) atoms. The number of aryl methyl sites for hydroxylation is 1. The number of carbonyl (C=O) groups excluding carboxylic acids is 1. The zero-order valence-corrected chi connectivity index (χ0v) is 12.5. The fraction of sp³-hybridized carbons (Fsp3) is 0.200. The van der Waals surface area contributed by atoms with Gasteiger partial charge in [-0.2, -0.15) is 0 Å². The molecule has 1 aromatic heterocycles. The quantitative estimate of drug-likeness (QED) is 0.806. The number of benzene rings is 1. The molecule has 1 heterocycles. The Morgan fingerprint density at radius 2 is 2.11 bits per heavy atom. The van der Waals surface area contributed by atoms with E-state index in [-0.39, 0.29) is 5.91 Å². The third-order valence-electron chi connectivity index (χ3n) is 2.85. The van der Waals surface area contributed by atoms with Crippen LogP contribution in [-0.4, -0.2) is 17.4 Å². The molecule has 0 N–H and O–H groups in total. The summed E-state index contributed by atoms with van der Waals surface area (Å²) in [5.74, 6) is -0.0174. The highest BCUT2D eigenvalue weighted by atomic mass is 79.9. The molecule has 0 fully saturated rings. The minimum Gasteiger partial charge on any atom is -0.309 e. The summed E-state index contributed by atoms with van der Waals surface area (Å²) < 4.78 is 0.665. The van der Waals surface area contributed by atoms with Crippen LogP contribution in [0.25, 0.3) is 0 Å². The maximum absolute atomic E-state index is 12.5. The van der Waals surface area contributed by atoms with Crippen molar-refractivity contribution >= 4 is 27.5 Å². The van der Waals surface area contributed by atoms with Crippen LogP contribution >= 0.6 is 15.9 Å². The number of halogens is 1. The topological polar surface area (TPSA) is 33.2 Å². The lowest BCUT2D eigenvalue weighted by molar-refractivity contribution is 0.0988. The van der Waals surface area contributed by atoms with Crippen LogP contribution in [0.5, 0.6) is 0 Å². The monoisotopic (exact) mass is 318 g/mol. The Morgan fingerprint density at radius 1 is 1.32 bits per heavy atom. The molecule has 1 amide bonds. The van der Waals surface area contributed by atoms with Gasteiger partial charge in [-0.1, -0.05) is 12.1 Å². The van der Waals surface area contributed by atoms with Gasteiger partial charge in [0.15, 0.2) is 0 Å². The molecule has 0 saturated carbocycles. The van der Waals surface area contributed by atoms with E-state index in [9.17, 15) is 4.79 Å². The van der Waals surface area contributed by atoms with Gasteiger partial charge < -0.3 is 4.90 Å². The van der Waals surface area contributed by atoms with Gasteiger partial charge in [0.25, 0.3) is 5.91 Å². The van der Waals surface area contributed by atoms with Gasteiger partial charge in [0.1, 0.15) is 4.60 Å². The number of anilines is 1. The van der Waals surface area contributed by atoms with Crippen LogP contribution in [-0.2, 0) is 0 Å². The number of pyridine rings is 1. The molecule has 0 aliphatic rings. The smallest absolute Gasteiger partial charge is 0.258 e. The summed E-state index contributed by atoms with van der Waals surface area (Å²) in [7, 11) is 0. The van der Waals surface area contributed by atoms with E-state index in [2.05, 4.69) is 20.9 Å². The highest BCUT2D eigenvalue weighted by Crippen LogP contribution is 2.19. The van der Waals surface area contributed by atoms with E-state index in [1.165, 1.54) is 0 Å². The first-order valence-electron chi connectivity index (χ1n) is 6.12. The standard InChI is InChI=1S/C15H15BrN2O/c1-3-18(13-6-4-5-11(2)9-13)15(19)12-7-8-17-14(16)10-12/h4-10H,3H2,1-2H3. The van der Waals surface area contributed by atoms with Crippen molar-refractivity contribution in [3.05, 3.63) is 58.3 Å². The second-order valence-corrected chi connectivity index (χ2v) is 5.07. The molecule has 0 atom stereocenters. The summed E-state index contributed by atoms with van der Waals surface area (Å²) in [5, 5.41) is 0. The highest BCUT2D eigenvalue weighted by molar-refractivity contribution is 9.10. The summed E-state index contributed by atoms with van der Waals surface area (Å²) in [6, 6.07) is 11.4. The number of hydrogen-bond donors (Lipinski definition) is 0. The predicted molar refractivity (Wildman–Crippen MR) is 80.5 cm³/mol. The summed E-state index contributed by atoms with van der Waals surface area (Å²) >= 11 is 3.29. The Bertz CT molecular complexity index is 598. The molecule has 0 unspecified atom stereocenters. The summed E-state index contributed by atoms with van der Waals surface area (Å²) in [5.41, 5.74) is 2.69. The molecule has 0 saturated heterocycles. The Labute approximate surface area is 121 Å². The van der Waals surface area contributed by atoms with E-state index in [0.717, 1.165) is 11.3 Å². The van der Waals surface area contributed by atoms with Crippen molar-refractivity contribution in [2.24, 2.45) is 0 Å². The van der Waals surface area contributed by atoms with Gasteiger partial charge in [0, 0.05) is 24.0 Å². The molecule has 0 radical (unpaired) electrons. The van der Waals surface area contributed by atoms with Crippen molar-refractivity contribution in [1.82, 2.24) is 4.98 Å². The molecule has 1 aromatic carbocycles. The van der Waals surface area contributed by atoms with E-state index in [1.807, 2.05) is 38.1 Å². The Kier molecular flexibility index (Phi) is 4.32. The van der Waals surface area contributed by atoms with E-state index >= 15 is 0 Å². The number of carbonyl (C=O) groups is 1. The van der Waals surface area contributed by atoms with E-state index < -0.39 is 0 Å². The number of amides is 1. The molecule has 2 rings (SSSR count). The van der Waals surface area contributed by atoms with Crippen LogP contribution in [0.4, 0.5) is 5.69 Å². The van der Waals surface area contributed by atoms with Gasteiger partial charge in [-0.25, -0.2) is 4.98 Å². The highest BCUT2D eigenvalue weighted by Gasteiger charge is 2.16. The van der Waals surface area contributed by atoms with Crippen LogP contribution in [0.1, 0.15) is 22.8 Å². The number of hydrogen-bond acceptors (Lipinski definition) is 2. The molecular weight excluding hydrogens is 304 g/mol. The van der Waals surface area contributed by atoms with E-state index in [4.69, 9.17) is 0 Å². The molecular formula is C15H15BrN2O. The third-order valence-corrected chi connectivity index (χ3v) is 3.28. The second-order valence-electron chi connectivity index (χ2n) is 4.26. The first-order valence-corrected chi connectivity index (χ1v) is 6.91. The predicted octanol–water partition coefficient (Wildman–Crippen LogP) is 3.82. The van der Waals surface area contributed by atoms with Crippen molar-refractivity contribution in [1.29, 1.82) is 0 Å². The number of rotatable bonds is 3. The first-order chi connectivity index (χ1) is 9.11. The van der Waals surface area contributed by atoms with Crippen LogP contribution < -0.4 is 4.90 Å². The average Bonchev–Trinajstić information content (AvgIpc) is 2.39. The van der Waals surface area contributed by atoms with Gasteiger partial charge >= 0.3 is 0 Å². The van der Waals surface area contributed by atoms with Crippen LogP contribution in [0, 0.1) is 6.92 Å². The van der Waals surface area contributed by atoms with E-state index in [1.54, 1.807) is 23.2 Å². The zero-order chi connectivity index (χ0) is 13.8. The second kappa shape index (κ2) is 5.97. The molecule has 98 valence electrons. The number of nitrogens with zero attached hydrogens (tertiary/aromatic N) is 2. The molecule has 4 heteroatoms. The maximum atomic E-state index is 12.5. The van der Waals surface area contributed by atoms with Crippen LogP contribution in [0.3, 0.4) is 0 Å². The van der Waals surface area contributed by atoms with Gasteiger partial charge in [-0.05, 0) is 59.6 Å². The minimum absolute atomic E-state index is 0.0174. The van der Waals surface area contributed by atoms with Gasteiger partial charge in [0.05, 0.1) is 0 Å². The summed E-state index contributed by atoms with van der Waals surface area (Å²) in [6.07, 6.45) is 1.63. The van der Waals surface area contributed by atoms with Crippen molar-refractivity contribution in [2.45, 2.75) is 13.8 Å². The lowest BCUT2D eigenvalue weighted by atomic mass is 10.1. The minimum atomic E-state index is -0.0174. The lowest BCUT2D eigenvalue weighted by Crippen LogP contribution is -2.30. The first kappa shape index (κ1) is 13.7.